The number of hydrogen-bond donors (Lipinski definition) is 2. The number of aromatic nitrogens is 1. The Labute approximate surface area is 89.9 Å². The molecule has 1 aliphatic rings. The van der Waals surface area contributed by atoms with Crippen molar-refractivity contribution in [1.29, 1.82) is 0 Å². The molecule has 1 unspecified atom stereocenters. The molecule has 76 valence electrons. The van der Waals surface area contributed by atoms with Gasteiger partial charge < -0.3 is 15.5 Å². The Balaban J connectivity index is 2.47. The highest BCUT2D eigenvalue weighted by atomic mass is 79.9. The van der Waals surface area contributed by atoms with Crippen LogP contribution in [0.2, 0.25) is 0 Å². The molecule has 0 amide bonds. The van der Waals surface area contributed by atoms with E-state index in [1.165, 1.54) is 7.11 Å². The lowest BCUT2D eigenvalue weighted by Crippen LogP contribution is -2.43. The van der Waals surface area contributed by atoms with Crippen molar-refractivity contribution in [2.45, 2.75) is 18.4 Å². The van der Waals surface area contributed by atoms with Gasteiger partial charge in [-0.05, 0) is 34.3 Å². The van der Waals surface area contributed by atoms with Gasteiger partial charge in [-0.1, -0.05) is 0 Å². The lowest BCUT2D eigenvalue weighted by atomic mass is 9.95. The first-order valence-electron chi connectivity index (χ1n) is 4.33. The molecule has 2 rings (SSSR count). The van der Waals surface area contributed by atoms with Crippen LogP contribution in [0, 0.1) is 0 Å². The average molecular weight is 259 g/mol. The highest BCUT2D eigenvalue weighted by Crippen LogP contribution is 2.39. The molecule has 1 aromatic heterocycles. The number of methoxy groups -OCH3 is 1. The summed E-state index contributed by atoms with van der Waals surface area (Å²) in [6.45, 7) is 0. The highest BCUT2D eigenvalue weighted by molar-refractivity contribution is 9.10. The number of rotatable bonds is 1. The molecular weight excluding hydrogens is 248 g/mol. The predicted molar refractivity (Wildman–Crippen MR) is 54.7 cm³/mol. The molecule has 1 aromatic rings. The summed E-state index contributed by atoms with van der Waals surface area (Å²) in [5.74, 6) is -0.372. The molecule has 0 radical (unpaired) electrons. The van der Waals surface area contributed by atoms with Crippen LogP contribution in [-0.4, -0.2) is 18.1 Å². The van der Waals surface area contributed by atoms with Crippen LogP contribution in [0.15, 0.2) is 10.8 Å². The highest BCUT2D eigenvalue weighted by Gasteiger charge is 2.44. The second-order valence-corrected chi connectivity index (χ2v) is 4.25. The first-order valence-corrected chi connectivity index (χ1v) is 5.12. The second kappa shape index (κ2) is 3.10. The Morgan fingerprint density at radius 2 is 2.50 bits per heavy atom. The van der Waals surface area contributed by atoms with Crippen molar-refractivity contribution in [1.82, 2.24) is 4.98 Å². The number of aromatic amines is 1. The smallest absolute Gasteiger partial charge is 0.330 e. The average Bonchev–Trinajstić information content (AvgIpc) is 2.70. The lowest BCUT2D eigenvalue weighted by molar-refractivity contribution is -0.147. The molecule has 3 N–H and O–H groups in total. The van der Waals surface area contributed by atoms with Crippen LogP contribution < -0.4 is 5.73 Å². The lowest BCUT2D eigenvalue weighted by Gasteiger charge is -2.20. The van der Waals surface area contributed by atoms with Gasteiger partial charge in [-0.2, -0.15) is 0 Å². The van der Waals surface area contributed by atoms with Gasteiger partial charge in [0.2, 0.25) is 0 Å². The fourth-order valence-corrected chi connectivity index (χ4v) is 2.45. The molecule has 5 heteroatoms. The Bertz CT molecular complexity index is 388. The van der Waals surface area contributed by atoms with Gasteiger partial charge in [0.15, 0.2) is 0 Å². The van der Waals surface area contributed by atoms with Crippen LogP contribution in [-0.2, 0) is 21.5 Å². The Hall–Kier alpha value is -0.810. The van der Waals surface area contributed by atoms with E-state index in [0.29, 0.717) is 6.42 Å². The number of halogens is 1. The van der Waals surface area contributed by atoms with E-state index in [0.717, 1.165) is 22.2 Å². The number of esters is 1. The third-order valence-corrected chi connectivity index (χ3v) is 3.44. The zero-order valence-electron chi connectivity index (χ0n) is 7.76. The van der Waals surface area contributed by atoms with Gasteiger partial charge in [0.1, 0.15) is 5.54 Å². The number of fused-ring (bicyclic) bond motifs is 1. The second-order valence-electron chi connectivity index (χ2n) is 3.46. The third-order valence-electron chi connectivity index (χ3n) is 2.73. The van der Waals surface area contributed by atoms with Gasteiger partial charge in [0, 0.05) is 11.8 Å². The SMILES string of the molecule is COC(=O)C1(N)CCc2c1c[nH]c2Br. The number of H-pyrrole nitrogens is 1. The van der Waals surface area contributed by atoms with Crippen LogP contribution in [0.5, 0.6) is 0 Å². The summed E-state index contributed by atoms with van der Waals surface area (Å²) in [6.07, 6.45) is 3.17. The van der Waals surface area contributed by atoms with Crippen molar-refractivity contribution in [2.75, 3.05) is 7.11 Å². The Kier molecular flexibility index (Phi) is 2.16. The van der Waals surface area contributed by atoms with E-state index in [1.54, 1.807) is 6.20 Å². The van der Waals surface area contributed by atoms with Gasteiger partial charge in [0.05, 0.1) is 11.7 Å². The van der Waals surface area contributed by atoms with Crippen LogP contribution in [0.4, 0.5) is 0 Å². The largest absolute Gasteiger partial charge is 0.467 e. The molecule has 1 heterocycles. The molecule has 0 saturated carbocycles. The van der Waals surface area contributed by atoms with Gasteiger partial charge in [0.25, 0.3) is 0 Å². The zero-order chi connectivity index (χ0) is 10.3. The Morgan fingerprint density at radius 3 is 3.14 bits per heavy atom. The maximum absolute atomic E-state index is 11.5. The fraction of sp³-hybridized carbons (Fsp3) is 0.444. The van der Waals surface area contributed by atoms with Crippen molar-refractivity contribution in [3.05, 3.63) is 21.9 Å². The minimum atomic E-state index is -0.966. The van der Waals surface area contributed by atoms with Gasteiger partial charge in [-0.3, -0.25) is 0 Å². The van der Waals surface area contributed by atoms with Crippen molar-refractivity contribution >= 4 is 21.9 Å². The third kappa shape index (κ3) is 1.12. The quantitative estimate of drug-likeness (QED) is 0.741. The van der Waals surface area contributed by atoms with Gasteiger partial charge >= 0.3 is 5.97 Å². The molecule has 0 fully saturated rings. The van der Waals surface area contributed by atoms with Gasteiger partial charge in [-0.25, -0.2) is 4.79 Å². The number of nitrogens with one attached hydrogen (secondary N) is 1. The topological polar surface area (TPSA) is 68.1 Å². The molecule has 14 heavy (non-hydrogen) atoms. The number of hydrogen-bond acceptors (Lipinski definition) is 3. The summed E-state index contributed by atoms with van der Waals surface area (Å²) in [5, 5.41) is 0. The van der Waals surface area contributed by atoms with Crippen LogP contribution in [0.1, 0.15) is 17.5 Å². The summed E-state index contributed by atoms with van der Waals surface area (Å²) in [5.41, 5.74) is 6.98. The molecule has 0 aromatic carbocycles. The molecule has 1 aliphatic carbocycles. The van der Waals surface area contributed by atoms with E-state index in [2.05, 4.69) is 20.9 Å². The number of carbonyl (C=O) groups excluding carboxylic acids is 1. The van der Waals surface area contributed by atoms with Gasteiger partial charge in [-0.15, -0.1) is 0 Å². The molecule has 0 saturated heterocycles. The minimum Gasteiger partial charge on any atom is -0.467 e. The summed E-state index contributed by atoms with van der Waals surface area (Å²) in [4.78, 5) is 14.5. The summed E-state index contributed by atoms with van der Waals surface area (Å²) >= 11 is 3.38. The van der Waals surface area contributed by atoms with Crippen LogP contribution >= 0.6 is 15.9 Å². The number of ether oxygens (including phenoxy) is 1. The predicted octanol–water partition coefficient (Wildman–Crippen LogP) is 1.05. The molecule has 1 atom stereocenters. The molecule has 0 bridgehead atoms. The monoisotopic (exact) mass is 258 g/mol. The zero-order valence-corrected chi connectivity index (χ0v) is 9.35. The minimum absolute atomic E-state index is 0.372. The molecular formula is C9H11BrN2O2. The van der Waals surface area contributed by atoms with Crippen LogP contribution in [0.3, 0.4) is 0 Å². The van der Waals surface area contributed by atoms with Crippen LogP contribution in [0.25, 0.3) is 0 Å². The van der Waals surface area contributed by atoms with Crippen molar-refractivity contribution < 1.29 is 9.53 Å². The van der Waals surface area contributed by atoms with Crippen molar-refractivity contribution in [2.24, 2.45) is 5.73 Å². The molecule has 0 spiro atoms. The summed E-state index contributed by atoms with van der Waals surface area (Å²) < 4.78 is 5.62. The summed E-state index contributed by atoms with van der Waals surface area (Å²) in [6, 6.07) is 0. The fourth-order valence-electron chi connectivity index (χ4n) is 1.92. The summed E-state index contributed by atoms with van der Waals surface area (Å²) in [7, 11) is 1.36. The first-order chi connectivity index (χ1) is 6.59. The van der Waals surface area contributed by atoms with E-state index in [4.69, 9.17) is 10.5 Å². The normalized spacial score (nSPS) is 24.8. The molecule has 0 aliphatic heterocycles. The Morgan fingerprint density at radius 1 is 1.79 bits per heavy atom. The molecule has 4 nitrogen and oxygen atoms in total. The maximum Gasteiger partial charge on any atom is 0.330 e. The van der Waals surface area contributed by atoms with E-state index in [-0.39, 0.29) is 5.97 Å². The maximum atomic E-state index is 11.5. The number of carbonyl (C=O) groups is 1. The number of nitrogens with two attached hydrogens (primary N) is 1. The van der Waals surface area contributed by atoms with E-state index >= 15 is 0 Å². The van der Waals surface area contributed by atoms with E-state index < -0.39 is 5.54 Å². The van der Waals surface area contributed by atoms with Crippen molar-refractivity contribution in [3.8, 4) is 0 Å². The standard InChI is InChI=1S/C9H11BrN2O2/c1-14-8(13)9(11)3-2-5-6(9)4-12-7(5)10/h4,12H,2-3,11H2,1H3. The van der Waals surface area contributed by atoms with Crippen molar-refractivity contribution in [3.63, 3.8) is 0 Å². The first kappa shape index (κ1) is 9.73. The van der Waals surface area contributed by atoms with E-state index in [1.807, 2.05) is 0 Å². The van der Waals surface area contributed by atoms with E-state index in [9.17, 15) is 4.79 Å².